The third-order valence-electron chi connectivity index (χ3n) is 3.81. The Morgan fingerprint density at radius 1 is 1.07 bits per heavy atom. The number of ketones is 1. The van der Waals surface area contributed by atoms with Crippen LogP contribution < -0.4 is 10.6 Å². The van der Waals surface area contributed by atoms with Crippen molar-refractivity contribution in [3.63, 3.8) is 0 Å². The minimum Gasteiger partial charge on any atom is -0.343 e. The van der Waals surface area contributed by atoms with Crippen LogP contribution in [0.3, 0.4) is 0 Å². The number of carbonyl (C=O) groups is 3. The molecule has 0 aliphatic heterocycles. The van der Waals surface area contributed by atoms with Crippen LogP contribution in [-0.2, 0) is 16.1 Å². The molecule has 0 aliphatic carbocycles. The first-order chi connectivity index (χ1) is 13.0. The van der Waals surface area contributed by atoms with E-state index in [4.69, 9.17) is 11.6 Å². The normalized spacial score (nSPS) is 10.4. The van der Waals surface area contributed by atoms with Crippen LogP contribution in [-0.4, -0.2) is 17.6 Å². The summed E-state index contributed by atoms with van der Waals surface area (Å²) in [5.41, 5.74) is 1.83. The topological polar surface area (TPSA) is 75.3 Å². The molecule has 5 nitrogen and oxygen atoms in total. The van der Waals surface area contributed by atoms with Gasteiger partial charge in [-0.1, -0.05) is 17.7 Å². The van der Waals surface area contributed by atoms with E-state index in [1.165, 1.54) is 22.7 Å². The zero-order valence-corrected chi connectivity index (χ0v) is 16.6. The van der Waals surface area contributed by atoms with E-state index in [0.29, 0.717) is 26.7 Å². The number of anilines is 1. The number of thiophene rings is 2. The van der Waals surface area contributed by atoms with E-state index in [1.54, 1.807) is 48.7 Å². The molecule has 3 rings (SSSR count). The second-order valence-corrected chi connectivity index (χ2v) is 8.01. The molecule has 0 aliphatic rings. The van der Waals surface area contributed by atoms with Gasteiger partial charge in [0, 0.05) is 26.5 Å². The maximum absolute atomic E-state index is 12.3. The van der Waals surface area contributed by atoms with Crippen LogP contribution in [0.5, 0.6) is 0 Å². The molecule has 0 fully saturated rings. The number of hydrogen-bond acceptors (Lipinski definition) is 5. The first-order valence-electron chi connectivity index (χ1n) is 7.95. The molecule has 3 aromatic rings. The largest absolute Gasteiger partial charge is 0.343 e. The van der Waals surface area contributed by atoms with Gasteiger partial charge in [0.05, 0.1) is 11.4 Å². The summed E-state index contributed by atoms with van der Waals surface area (Å²) in [4.78, 5) is 37.7. The van der Waals surface area contributed by atoms with E-state index >= 15 is 0 Å². The summed E-state index contributed by atoms with van der Waals surface area (Å²) in [5, 5.41) is 9.26. The summed E-state index contributed by atoms with van der Waals surface area (Å²) in [5.74, 6) is -1.58. The second kappa shape index (κ2) is 8.47. The smallest absolute Gasteiger partial charge is 0.313 e. The minimum absolute atomic E-state index is 0.0481. The van der Waals surface area contributed by atoms with E-state index < -0.39 is 11.8 Å². The fraction of sp³-hybridized carbons (Fsp3) is 0.105. The first-order valence-corrected chi connectivity index (χ1v) is 10.1. The summed E-state index contributed by atoms with van der Waals surface area (Å²) in [6, 6.07) is 10.3. The van der Waals surface area contributed by atoms with Gasteiger partial charge in [0.25, 0.3) is 0 Å². The number of nitrogens with one attached hydrogen (secondary N) is 2. The van der Waals surface area contributed by atoms with Crippen molar-refractivity contribution in [3.8, 4) is 0 Å². The minimum atomic E-state index is -0.772. The molecule has 0 radical (unpaired) electrons. The van der Waals surface area contributed by atoms with Crippen LogP contribution in [0.4, 0.5) is 5.69 Å². The molecular formula is C19H15ClN2O3S2. The highest BCUT2D eigenvalue weighted by atomic mass is 35.5. The van der Waals surface area contributed by atoms with E-state index in [0.717, 1.165) is 4.88 Å². The lowest BCUT2D eigenvalue weighted by Crippen LogP contribution is -2.34. The maximum atomic E-state index is 12.3. The van der Waals surface area contributed by atoms with Gasteiger partial charge in [-0.3, -0.25) is 14.4 Å². The van der Waals surface area contributed by atoms with Gasteiger partial charge in [0.2, 0.25) is 5.78 Å². The van der Waals surface area contributed by atoms with Crippen molar-refractivity contribution < 1.29 is 14.4 Å². The molecule has 0 spiro atoms. The molecule has 2 aromatic heterocycles. The zero-order chi connectivity index (χ0) is 19.4. The SMILES string of the molecule is Cc1c(Cl)cccc1NC(=O)C(=O)NCc1ccc(C(=O)c2ccsc2)s1. The van der Waals surface area contributed by atoms with Gasteiger partial charge >= 0.3 is 11.8 Å². The fourth-order valence-corrected chi connectivity index (χ4v) is 4.02. The van der Waals surface area contributed by atoms with E-state index in [9.17, 15) is 14.4 Å². The molecule has 0 unspecified atom stereocenters. The summed E-state index contributed by atoms with van der Waals surface area (Å²) < 4.78 is 0. The first kappa shape index (κ1) is 19.3. The highest BCUT2D eigenvalue weighted by Crippen LogP contribution is 2.23. The van der Waals surface area contributed by atoms with Crippen LogP contribution in [0.25, 0.3) is 0 Å². The number of rotatable bonds is 5. The summed E-state index contributed by atoms with van der Waals surface area (Å²) in [6.45, 7) is 1.93. The fourth-order valence-electron chi connectivity index (χ4n) is 2.30. The molecule has 2 heterocycles. The Balaban J connectivity index is 1.57. The van der Waals surface area contributed by atoms with Gasteiger partial charge in [-0.2, -0.15) is 11.3 Å². The molecule has 27 heavy (non-hydrogen) atoms. The Hall–Kier alpha value is -2.48. The van der Waals surface area contributed by atoms with Crippen molar-refractivity contribution in [3.05, 3.63) is 73.1 Å². The van der Waals surface area contributed by atoms with Crippen molar-refractivity contribution in [2.45, 2.75) is 13.5 Å². The molecule has 0 saturated carbocycles. The Kier molecular flexibility index (Phi) is 6.05. The quantitative estimate of drug-likeness (QED) is 0.480. The Labute approximate surface area is 169 Å². The van der Waals surface area contributed by atoms with Crippen molar-refractivity contribution in [1.29, 1.82) is 0 Å². The monoisotopic (exact) mass is 418 g/mol. The molecule has 8 heteroatoms. The molecule has 138 valence electrons. The van der Waals surface area contributed by atoms with Crippen molar-refractivity contribution in [2.75, 3.05) is 5.32 Å². The molecule has 0 saturated heterocycles. The molecular weight excluding hydrogens is 404 g/mol. The van der Waals surface area contributed by atoms with Gasteiger partial charge in [-0.25, -0.2) is 0 Å². The van der Waals surface area contributed by atoms with Crippen LogP contribution in [0.2, 0.25) is 5.02 Å². The van der Waals surface area contributed by atoms with Crippen molar-refractivity contribution in [2.24, 2.45) is 0 Å². The maximum Gasteiger partial charge on any atom is 0.313 e. The lowest BCUT2D eigenvalue weighted by molar-refractivity contribution is -0.136. The molecule has 0 atom stereocenters. The lowest BCUT2D eigenvalue weighted by atomic mass is 10.2. The Morgan fingerprint density at radius 3 is 2.63 bits per heavy atom. The van der Waals surface area contributed by atoms with Crippen LogP contribution in [0, 0.1) is 6.92 Å². The number of hydrogen-bond donors (Lipinski definition) is 2. The molecule has 0 bridgehead atoms. The van der Waals surface area contributed by atoms with E-state index in [1.807, 2.05) is 5.38 Å². The van der Waals surface area contributed by atoms with Crippen LogP contribution in [0.15, 0.2) is 47.2 Å². The third-order valence-corrected chi connectivity index (χ3v) is 5.99. The van der Waals surface area contributed by atoms with Crippen molar-refractivity contribution in [1.82, 2.24) is 5.32 Å². The van der Waals surface area contributed by atoms with Gasteiger partial charge in [0.15, 0.2) is 0 Å². The number of amides is 2. The average Bonchev–Trinajstić information content (AvgIpc) is 3.34. The predicted octanol–water partition coefficient (Wildman–Crippen LogP) is 4.26. The second-order valence-electron chi connectivity index (χ2n) is 5.66. The van der Waals surface area contributed by atoms with Crippen LogP contribution >= 0.6 is 34.3 Å². The summed E-state index contributed by atoms with van der Waals surface area (Å²) in [6.07, 6.45) is 0. The van der Waals surface area contributed by atoms with Crippen LogP contribution in [0.1, 0.15) is 25.7 Å². The van der Waals surface area contributed by atoms with Gasteiger partial charge in [-0.15, -0.1) is 11.3 Å². The third kappa shape index (κ3) is 4.63. The number of carbonyl (C=O) groups excluding carboxylic acids is 3. The summed E-state index contributed by atoms with van der Waals surface area (Å²) in [7, 11) is 0. The number of halogens is 1. The molecule has 1 aromatic carbocycles. The lowest BCUT2D eigenvalue weighted by Gasteiger charge is -2.09. The highest BCUT2D eigenvalue weighted by molar-refractivity contribution is 7.14. The zero-order valence-electron chi connectivity index (χ0n) is 14.2. The Bertz CT molecular complexity index is 996. The van der Waals surface area contributed by atoms with E-state index in [-0.39, 0.29) is 12.3 Å². The molecule has 2 N–H and O–H groups in total. The average molecular weight is 419 g/mol. The summed E-state index contributed by atoms with van der Waals surface area (Å²) >= 11 is 8.76. The molecule has 2 amide bonds. The standard InChI is InChI=1S/C19H15ClN2O3S2/c1-11-14(20)3-2-4-15(11)22-19(25)18(24)21-9-13-5-6-16(27-13)17(23)12-7-8-26-10-12/h2-8,10H,9H2,1H3,(H,21,24)(H,22,25). The van der Waals surface area contributed by atoms with Gasteiger partial charge in [-0.05, 0) is 48.2 Å². The van der Waals surface area contributed by atoms with Gasteiger partial charge < -0.3 is 10.6 Å². The highest BCUT2D eigenvalue weighted by Gasteiger charge is 2.16. The Morgan fingerprint density at radius 2 is 1.89 bits per heavy atom. The van der Waals surface area contributed by atoms with E-state index in [2.05, 4.69) is 10.6 Å². The van der Waals surface area contributed by atoms with Crippen molar-refractivity contribution >= 4 is 57.6 Å². The van der Waals surface area contributed by atoms with Gasteiger partial charge in [0.1, 0.15) is 0 Å². The predicted molar refractivity (Wildman–Crippen MR) is 109 cm³/mol. The number of benzene rings is 1.